The molecule has 4 heteroatoms. The van der Waals surface area contributed by atoms with E-state index < -0.39 is 6.10 Å². The van der Waals surface area contributed by atoms with Crippen molar-refractivity contribution in [2.24, 2.45) is 5.41 Å². The molecule has 0 aromatic heterocycles. The Hall–Kier alpha value is -0.160. The number of nitrogens with one attached hydrogen (secondary N) is 1. The van der Waals surface area contributed by atoms with E-state index in [0.717, 1.165) is 19.4 Å². The normalized spacial score (nSPS) is 20.8. The largest absolute Gasteiger partial charge is 0.396 e. The lowest BCUT2D eigenvalue weighted by molar-refractivity contribution is -0.0481. The molecule has 1 aliphatic carbocycles. The fourth-order valence-electron chi connectivity index (χ4n) is 1.48. The fraction of sp³-hybridized carbons (Fsp3) is 1.00. The molecule has 16 heavy (non-hydrogen) atoms. The van der Waals surface area contributed by atoms with Crippen molar-refractivity contribution >= 4 is 0 Å². The highest BCUT2D eigenvalue weighted by Crippen LogP contribution is 2.44. The van der Waals surface area contributed by atoms with E-state index in [-0.39, 0.29) is 17.6 Å². The summed E-state index contributed by atoms with van der Waals surface area (Å²) in [5.74, 6) is 0. The van der Waals surface area contributed by atoms with Gasteiger partial charge in [-0.05, 0) is 33.6 Å². The summed E-state index contributed by atoms with van der Waals surface area (Å²) in [5.41, 5.74) is -0.103. The Morgan fingerprint density at radius 3 is 2.44 bits per heavy atom. The van der Waals surface area contributed by atoms with E-state index in [9.17, 15) is 5.11 Å². The molecule has 0 spiro atoms. The zero-order chi connectivity index (χ0) is 12.2. The molecular weight excluding hydrogens is 206 g/mol. The van der Waals surface area contributed by atoms with Gasteiger partial charge in [0, 0.05) is 25.1 Å². The van der Waals surface area contributed by atoms with Crippen molar-refractivity contribution in [1.29, 1.82) is 0 Å². The minimum Gasteiger partial charge on any atom is -0.396 e. The van der Waals surface area contributed by atoms with Crippen molar-refractivity contribution in [3.63, 3.8) is 0 Å². The maximum Gasteiger partial charge on any atom is 0.0897 e. The molecule has 1 atom stereocenters. The summed E-state index contributed by atoms with van der Waals surface area (Å²) in [6.45, 7) is 7.82. The van der Waals surface area contributed by atoms with E-state index in [1.54, 1.807) is 0 Å². The molecule has 0 aromatic rings. The predicted octanol–water partition coefficient (Wildman–Crippen LogP) is 0.524. The summed E-state index contributed by atoms with van der Waals surface area (Å²) in [6.07, 6.45) is 1.70. The first kappa shape index (κ1) is 13.9. The summed E-state index contributed by atoms with van der Waals surface area (Å²) in [6, 6.07) is 0. The number of aliphatic hydroxyl groups excluding tert-OH is 2. The number of aliphatic hydroxyl groups is 2. The molecule has 4 nitrogen and oxygen atoms in total. The van der Waals surface area contributed by atoms with Crippen LogP contribution in [0.25, 0.3) is 0 Å². The van der Waals surface area contributed by atoms with Gasteiger partial charge in [-0.3, -0.25) is 0 Å². The van der Waals surface area contributed by atoms with Crippen molar-refractivity contribution in [3.05, 3.63) is 0 Å². The fourth-order valence-corrected chi connectivity index (χ4v) is 1.48. The average molecular weight is 231 g/mol. The maximum absolute atomic E-state index is 9.65. The lowest BCUT2D eigenvalue weighted by atomic mass is 10.1. The predicted molar refractivity (Wildman–Crippen MR) is 63.3 cm³/mol. The molecule has 0 aliphatic heterocycles. The van der Waals surface area contributed by atoms with Crippen LogP contribution in [0.1, 0.15) is 33.6 Å². The van der Waals surface area contributed by atoms with Crippen molar-refractivity contribution < 1.29 is 14.9 Å². The molecule has 1 unspecified atom stereocenters. The van der Waals surface area contributed by atoms with Gasteiger partial charge in [0.1, 0.15) is 0 Å². The maximum atomic E-state index is 9.65. The zero-order valence-corrected chi connectivity index (χ0v) is 10.6. The quantitative estimate of drug-likeness (QED) is 0.598. The first-order valence-corrected chi connectivity index (χ1v) is 6.01. The van der Waals surface area contributed by atoms with Crippen LogP contribution in [0, 0.1) is 5.41 Å². The standard InChI is InChI=1S/C12H25NO3/c1-11(2,3)16-7-10(15)6-13-8-12(9-14)4-5-12/h10,13-15H,4-9H2,1-3H3. The lowest BCUT2D eigenvalue weighted by Gasteiger charge is -2.22. The molecule has 1 rings (SSSR count). The molecule has 0 amide bonds. The van der Waals surface area contributed by atoms with Crippen LogP contribution < -0.4 is 5.32 Å². The van der Waals surface area contributed by atoms with Crippen LogP contribution in [-0.4, -0.2) is 48.2 Å². The molecule has 0 aromatic carbocycles. The van der Waals surface area contributed by atoms with E-state index in [4.69, 9.17) is 9.84 Å². The summed E-state index contributed by atoms with van der Waals surface area (Å²) >= 11 is 0. The Morgan fingerprint density at radius 2 is 2.00 bits per heavy atom. The summed E-state index contributed by atoms with van der Waals surface area (Å²) in [4.78, 5) is 0. The van der Waals surface area contributed by atoms with Gasteiger partial charge >= 0.3 is 0 Å². The van der Waals surface area contributed by atoms with Gasteiger partial charge in [-0.25, -0.2) is 0 Å². The lowest BCUT2D eigenvalue weighted by Crippen LogP contribution is -2.36. The Kier molecular flexibility index (Phi) is 4.73. The summed E-state index contributed by atoms with van der Waals surface area (Å²) in [5, 5.41) is 21.9. The third kappa shape index (κ3) is 5.25. The molecule has 96 valence electrons. The van der Waals surface area contributed by atoms with Gasteiger partial charge in [0.2, 0.25) is 0 Å². The minimum atomic E-state index is -0.478. The van der Waals surface area contributed by atoms with Gasteiger partial charge in [-0.1, -0.05) is 0 Å². The minimum absolute atomic E-state index is 0.102. The second kappa shape index (κ2) is 5.45. The van der Waals surface area contributed by atoms with E-state index >= 15 is 0 Å². The first-order valence-electron chi connectivity index (χ1n) is 6.01. The third-order valence-corrected chi connectivity index (χ3v) is 2.88. The van der Waals surface area contributed by atoms with E-state index in [1.165, 1.54) is 0 Å². The molecule has 0 saturated heterocycles. The molecule has 0 radical (unpaired) electrons. The average Bonchev–Trinajstić information content (AvgIpc) is 2.95. The molecule has 1 saturated carbocycles. The smallest absolute Gasteiger partial charge is 0.0897 e. The second-order valence-corrected chi connectivity index (χ2v) is 5.87. The highest BCUT2D eigenvalue weighted by molar-refractivity contribution is 4.94. The highest BCUT2D eigenvalue weighted by atomic mass is 16.5. The first-order chi connectivity index (χ1) is 7.37. The molecular formula is C12H25NO3. The van der Waals surface area contributed by atoms with Gasteiger partial charge in [-0.15, -0.1) is 0 Å². The van der Waals surface area contributed by atoms with Gasteiger partial charge in [0.15, 0.2) is 0 Å². The van der Waals surface area contributed by atoms with Crippen LogP contribution in [0.5, 0.6) is 0 Å². The summed E-state index contributed by atoms with van der Waals surface area (Å²) < 4.78 is 5.48. The van der Waals surface area contributed by atoms with Crippen LogP contribution >= 0.6 is 0 Å². The van der Waals surface area contributed by atoms with Gasteiger partial charge < -0.3 is 20.3 Å². The van der Waals surface area contributed by atoms with Gasteiger partial charge in [-0.2, -0.15) is 0 Å². The number of rotatable bonds is 7. The topological polar surface area (TPSA) is 61.7 Å². The Labute approximate surface area is 98.0 Å². The monoisotopic (exact) mass is 231 g/mol. The summed E-state index contributed by atoms with van der Waals surface area (Å²) in [7, 11) is 0. The van der Waals surface area contributed by atoms with Crippen molar-refractivity contribution in [2.75, 3.05) is 26.3 Å². The van der Waals surface area contributed by atoms with Crippen molar-refractivity contribution in [2.45, 2.75) is 45.3 Å². The molecule has 0 heterocycles. The molecule has 1 fully saturated rings. The van der Waals surface area contributed by atoms with E-state index in [0.29, 0.717) is 13.2 Å². The van der Waals surface area contributed by atoms with Crippen LogP contribution in [-0.2, 0) is 4.74 Å². The third-order valence-electron chi connectivity index (χ3n) is 2.88. The van der Waals surface area contributed by atoms with Crippen LogP contribution in [0.3, 0.4) is 0 Å². The van der Waals surface area contributed by atoms with Crippen LogP contribution in [0.15, 0.2) is 0 Å². The van der Waals surface area contributed by atoms with Gasteiger partial charge in [0.05, 0.1) is 18.3 Å². The van der Waals surface area contributed by atoms with Gasteiger partial charge in [0.25, 0.3) is 0 Å². The molecule has 0 bridgehead atoms. The second-order valence-electron chi connectivity index (χ2n) is 5.87. The van der Waals surface area contributed by atoms with Crippen LogP contribution in [0.2, 0.25) is 0 Å². The number of hydrogen-bond acceptors (Lipinski definition) is 4. The SMILES string of the molecule is CC(C)(C)OCC(O)CNCC1(CO)CC1. The van der Waals surface area contributed by atoms with E-state index in [1.807, 2.05) is 20.8 Å². The Balaban J connectivity index is 2.04. The highest BCUT2D eigenvalue weighted by Gasteiger charge is 2.41. The number of hydrogen-bond donors (Lipinski definition) is 3. The zero-order valence-electron chi connectivity index (χ0n) is 10.6. The van der Waals surface area contributed by atoms with Crippen LogP contribution in [0.4, 0.5) is 0 Å². The Bertz CT molecular complexity index is 209. The Morgan fingerprint density at radius 1 is 1.38 bits per heavy atom. The van der Waals surface area contributed by atoms with Crippen molar-refractivity contribution in [3.8, 4) is 0 Å². The number of ether oxygens (including phenoxy) is 1. The molecule has 3 N–H and O–H groups in total. The molecule has 1 aliphatic rings. The van der Waals surface area contributed by atoms with E-state index in [2.05, 4.69) is 5.32 Å². The van der Waals surface area contributed by atoms with Crippen molar-refractivity contribution in [1.82, 2.24) is 5.32 Å².